The van der Waals surface area contributed by atoms with Crippen LogP contribution in [0, 0.1) is 6.92 Å². The van der Waals surface area contributed by atoms with E-state index in [4.69, 9.17) is 4.74 Å². The Bertz CT molecular complexity index is 754. The Morgan fingerprint density at radius 1 is 1.37 bits per heavy atom. The largest absolute Gasteiger partial charge is 0.496 e. The van der Waals surface area contributed by atoms with E-state index in [1.165, 1.54) is 11.3 Å². The number of aryl methyl sites for hydroxylation is 1. The summed E-state index contributed by atoms with van der Waals surface area (Å²) in [6, 6.07) is 7.76. The van der Waals surface area contributed by atoms with Crippen LogP contribution in [0.4, 0.5) is 0 Å². The van der Waals surface area contributed by atoms with Gasteiger partial charge in [-0.2, -0.15) is 0 Å². The van der Waals surface area contributed by atoms with Gasteiger partial charge in [0.25, 0.3) is 0 Å². The summed E-state index contributed by atoms with van der Waals surface area (Å²) in [7, 11) is 1.60. The van der Waals surface area contributed by atoms with E-state index in [1.807, 2.05) is 30.5 Å². The Labute approximate surface area is 114 Å². The second kappa shape index (κ2) is 4.55. The molecule has 0 saturated carbocycles. The van der Waals surface area contributed by atoms with E-state index < -0.39 is 0 Å². The molecule has 3 aromatic rings. The Hall–Kier alpha value is -2.07. The Balaban J connectivity index is 2.11. The van der Waals surface area contributed by atoms with Crippen LogP contribution in [-0.2, 0) is 0 Å². The third-order valence-corrected chi connectivity index (χ3v) is 4.10. The number of thiophene rings is 1. The fraction of sp³-hybridized carbons (Fsp3) is 0.133. The number of carbonyl (C=O) groups is 1. The number of carbonyl (C=O) groups excluding carboxylic acids is 1. The highest BCUT2D eigenvalue weighted by Gasteiger charge is 2.17. The van der Waals surface area contributed by atoms with Crippen LogP contribution in [0.1, 0.15) is 20.8 Å². The standard InChI is InChI=1S/C15H13NO2S/c1-9-4-3-5-12-14(9)11(7-16-12)15(17)13-6-10(18-2)8-19-13/h3-8,16H,1-2H3. The summed E-state index contributed by atoms with van der Waals surface area (Å²) < 4.78 is 5.12. The molecule has 3 nitrogen and oxygen atoms in total. The zero-order chi connectivity index (χ0) is 13.4. The number of aromatic nitrogens is 1. The number of benzene rings is 1. The molecule has 0 saturated heterocycles. The molecule has 0 bridgehead atoms. The molecule has 4 heteroatoms. The number of methoxy groups -OCH3 is 1. The average Bonchev–Trinajstić information content (AvgIpc) is 3.05. The topological polar surface area (TPSA) is 42.1 Å². The van der Waals surface area contributed by atoms with Crippen LogP contribution in [0.3, 0.4) is 0 Å². The molecule has 0 atom stereocenters. The molecule has 0 unspecified atom stereocenters. The number of ketones is 1. The van der Waals surface area contributed by atoms with Gasteiger partial charge in [-0.25, -0.2) is 0 Å². The summed E-state index contributed by atoms with van der Waals surface area (Å²) in [5, 5.41) is 2.84. The lowest BCUT2D eigenvalue weighted by Gasteiger charge is -1.99. The molecule has 0 fully saturated rings. The van der Waals surface area contributed by atoms with Crippen molar-refractivity contribution in [1.29, 1.82) is 0 Å². The van der Waals surface area contributed by atoms with E-state index in [9.17, 15) is 4.79 Å². The lowest BCUT2D eigenvalue weighted by atomic mass is 10.0. The second-order valence-electron chi connectivity index (χ2n) is 4.38. The van der Waals surface area contributed by atoms with E-state index in [1.54, 1.807) is 19.4 Å². The number of hydrogen-bond donors (Lipinski definition) is 1. The molecular formula is C15H13NO2S. The molecule has 0 aliphatic carbocycles. The summed E-state index contributed by atoms with van der Waals surface area (Å²) in [6.07, 6.45) is 1.78. The number of ether oxygens (including phenoxy) is 1. The van der Waals surface area contributed by atoms with Crippen molar-refractivity contribution in [2.45, 2.75) is 6.92 Å². The van der Waals surface area contributed by atoms with E-state index in [0.29, 0.717) is 4.88 Å². The molecule has 1 N–H and O–H groups in total. The highest BCUT2D eigenvalue weighted by atomic mass is 32.1. The highest BCUT2D eigenvalue weighted by Crippen LogP contribution is 2.28. The van der Waals surface area contributed by atoms with Gasteiger partial charge in [-0.05, 0) is 18.6 Å². The summed E-state index contributed by atoms with van der Waals surface area (Å²) in [5.74, 6) is 0.763. The number of H-pyrrole nitrogens is 1. The van der Waals surface area contributed by atoms with Crippen LogP contribution < -0.4 is 4.74 Å². The van der Waals surface area contributed by atoms with Crippen molar-refractivity contribution < 1.29 is 9.53 Å². The normalized spacial score (nSPS) is 10.8. The smallest absolute Gasteiger partial charge is 0.205 e. The molecule has 96 valence electrons. The number of nitrogens with one attached hydrogen (secondary N) is 1. The zero-order valence-electron chi connectivity index (χ0n) is 10.7. The van der Waals surface area contributed by atoms with Gasteiger partial charge in [0.1, 0.15) is 5.75 Å². The lowest BCUT2D eigenvalue weighted by molar-refractivity contribution is 0.104. The summed E-state index contributed by atoms with van der Waals surface area (Å²) in [5.41, 5.74) is 2.81. The number of rotatable bonds is 3. The zero-order valence-corrected chi connectivity index (χ0v) is 11.5. The van der Waals surface area contributed by atoms with Crippen molar-refractivity contribution in [3.8, 4) is 5.75 Å². The third-order valence-electron chi connectivity index (χ3n) is 3.19. The molecule has 0 aliphatic heterocycles. The summed E-state index contributed by atoms with van der Waals surface area (Å²) >= 11 is 1.41. The van der Waals surface area contributed by atoms with Gasteiger partial charge < -0.3 is 9.72 Å². The average molecular weight is 271 g/mol. The minimum absolute atomic E-state index is 0.0360. The van der Waals surface area contributed by atoms with Gasteiger partial charge in [-0.15, -0.1) is 11.3 Å². The fourth-order valence-electron chi connectivity index (χ4n) is 2.22. The van der Waals surface area contributed by atoms with Gasteiger partial charge in [0, 0.05) is 34.1 Å². The number of fused-ring (bicyclic) bond motifs is 1. The number of hydrogen-bond acceptors (Lipinski definition) is 3. The SMILES string of the molecule is COc1csc(C(=O)c2c[nH]c3cccc(C)c23)c1. The van der Waals surface area contributed by atoms with E-state index >= 15 is 0 Å². The first-order chi connectivity index (χ1) is 9.20. The third kappa shape index (κ3) is 1.94. The first kappa shape index (κ1) is 12.0. The van der Waals surface area contributed by atoms with Crippen molar-refractivity contribution in [2.24, 2.45) is 0 Å². The van der Waals surface area contributed by atoms with E-state index in [0.717, 1.165) is 27.8 Å². The Morgan fingerprint density at radius 3 is 2.95 bits per heavy atom. The molecule has 1 aromatic carbocycles. The van der Waals surface area contributed by atoms with Gasteiger partial charge in [-0.3, -0.25) is 4.79 Å². The van der Waals surface area contributed by atoms with Crippen LogP contribution in [0.15, 0.2) is 35.8 Å². The molecule has 2 aromatic heterocycles. The molecule has 2 heterocycles. The van der Waals surface area contributed by atoms with Gasteiger partial charge in [0.15, 0.2) is 0 Å². The predicted octanol–water partition coefficient (Wildman–Crippen LogP) is 3.78. The maximum atomic E-state index is 12.5. The Kier molecular flexibility index (Phi) is 2.87. The minimum Gasteiger partial charge on any atom is -0.496 e. The minimum atomic E-state index is 0.0360. The van der Waals surface area contributed by atoms with Gasteiger partial charge in [0.05, 0.1) is 12.0 Å². The van der Waals surface area contributed by atoms with Crippen molar-refractivity contribution in [2.75, 3.05) is 7.11 Å². The quantitative estimate of drug-likeness (QED) is 0.737. The first-order valence-corrected chi connectivity index (χ1v) is 6.82. The monoisotopic (exact) mass is 271 g/mol. The van der Waals surface area contributed by atoms with Crippen molar-refractivity contribution in [1.82, 2.24) is 4.98 Å². The van der Waals surface area contributed by atoms with Crippen molar-refractivity contribution in [3.63, 3.8) is 0 Å². The van der Waals surface area contributed by atoms with E-state index in [-0.39, 0.29) is 5.78 Å². The number of aromatic amines is 1. The second-order valence-corrected chi connectivity index (χ2v) is 5.29. The van der Waals surface area contributed by atoms with Gasteiger partial charge in [-0.1, -0.05) is 12.1 Å². The van der Waals surface area contributed by atoms with Crippen molar-refractivity contribution >= 4 is 28.0 Å². The molecule has 0 amide bonds. The molecule has 19 heavy (non-hydrogen) atoms. The van der Waals surface area contributed by atoms with Crippen LogP contribution in [0.5, 0.6) is 5.75 Å². The summed E-state index contributed by atoms with van der Waals surface area (Å²) in [4.78, 5) is 16.4. The molecule has 0 aliphatic rings. The van der Waals surface area contributed by atoms with Gasteiger partial charge in [0.2, 0.25) is 5.78 Å². The fourth-order valence-corrected chi connectivity index (χ4v) is 3.03. The summed E-state index contributed by atoms with van der Waals surface area (Å²) in [6.45, 7) is 2.02. The first-order valence-electron chi connectivity index (χ1n) is 5.94. The maximum absolute atomic E-state index is 12.5. The Morgan fingerprint density at radius 2 is 2.21 bits per heavy atom. The van der Waals surface area contributed by atoms with E-state index in [2.05, 4.69) is 4.98 Å². The van der Waals surface area contributed by atoms with Crippen molar-refractivity contribution in [3.05, 3.63) is 51.8 Å². The lowest BCUT2D eigenvalue weighted by Crippen LogP contribution is -1.97. The molecule has 0 spiro atoms. The van der Waals surface area contributed by atoms with Crippen LogP contribution in [0.25, 0.3) is 10.9 Å². The predicted molar refractivity (Wildman–Crippen MR) is 77.3 cm³/mol. The molecular weight excluding hydrogens is 258 g/mol. The van der Waals surface area contributed by atoms with Gasteiger partial charge >= 0.3 is 0 Å². The van der Waals surface area contributed by atoms with Crippen LogP contribution >= 0.6 is 11.3 Å². The maximum Gasteiger partial charge on any atom is 0.205 e. The van der Waals surface area contributed by atoms with Crippen LogP contribution in [-0.4, -0.2) is 17.9 Å². The highest BCUT2D eigenvalue weighted by molar-refractivity contribution is 7.12. The molecule has 3 rings (SSSR count). The molecule has 0 radical (unpaired) electrons. The van der Waals surface area contributed by atoms with Crippen LogP contribution in [0.2, 0.25) is 0 Å².